The molecule has 0 spiro atoms. The molecule has 0 saturated carbocycles. The van der Waals surface area contributed by atoms with Gasteiger partial charge in [-0.3, -0.25) is 14.9 Å². The van der Waals surface area contributed by atoms with Crippen LogP contribution in [0.5, 0.6) is 0 Å². The summed E-state index contributed by atoms with van der Waals surface area (Å²) < 4.78 is 0.589. The van der Waals surface area contributed by atoms with Gasteiger partial charge >= 0.3 is 0 Å². The minimum atomic E-state index is -0.529. The summed E-state index contributed by atoms with van der Waals surface area (Å²) in [5, 5.41) is 13.4. The molecule has 0 aliphatic carbocycles. The van der Waals surface area contributed by atoms with Gasteiger partial charge in [0.25, 0.3) is 5.69 Å². The van der Waals surface area contributed by atoms with Gasteiger partial charge in [-0.15, -0.1) is 0 Å². The van der Waals surface area contributed by atoms with Crippen molar-refractivity contribution >= 4 is 49.1 Å². The fourth-order valence-electron chi connectivity index (χ4n) is 1.27. The van der Waals surface area contributed by atoms with Gasteiger partial charge in [0.15, 0.2) is 0 Å². The number of anilines is 1. The molecule has 0 bridgehead atoms. The predicted octanol–water partition coefficient (Wildman–Crippen LogP) is 3.72. The second-order valence-electron chi connectivity index (χ2n) is 4.05. The Morgan fingerprint density at radius 3 is 2.56 bits per heavy atom. The minimum Gasteiger partial charge on any atom is -0.319 e. The highest BCUT2D eigenvalue weighted by atomic mass is 79.9. The molecule has 0 saturated heterocycles. The second-order valence-corrected chi connectivity index (χ2v) is 5.96. The van der Waals surface area contributed by atoms with E-state index in [2.05, 4.69) is 37.2 Å². The van der Waals surface area contributed by atoms with E-state index in [-0.39, 0.29) is 28.0 Å². The second kappa shape index (κ2) is 6.29. The number of benzene rings is 1. The molecule has 1 aromatic carbocycles. The number of hydrogen-bond donors (Lipinski definition) is 1. The van der Waals surface area contributed by atoms with Crippen molar-refractivity contribution in [3.8, 4) is 0 Å². The zero-order chi connectivity index (χ0) is 13.9. The van der Waals surface area contributed by atoms with Crippen molar-refractivity contribution in [2.75, 3.05) is 5.32 Å². The van der Waals surface area contributed by atoms with Crippen LogP contribution in [0.3, 0.4) is 0 Å². The summed E-state index contributed by atoms with van der Waals surface area (Å²) in [6.45, 7) is 3.77. The van der Waals surface area contributed by atoms with E-state index >= 15 is 0 Å². The molecule has 7 heteroatoms. The lowest BCUT2D eigenvalue weighted by atomic mass is 10.1. The Hall–Kier alpha value is -0.950. The molecule has 0 heterocycles. The number of carbonyl (C=O) groups is 1. The molecule has 0 radical (unpaired) electrons. The third-order valence-electron chi connectivity index (χ3n) is 2.25. The van der Waals surface area contributed by atoms with Crippen LogP contribution in [0.25, 0.3) is 0 Å². The van der Waals surface area contributed by atoms with Crippen LogP contribution in [-0.4, -0.2) is 15.7 Å². The standard InChI is InChI=1S/C11H12Br2N2O3/c1-6(2)10(13)11(16)14-8-4-3-7(12)5-9(8)15(17)18/h3-6,10H,1-2H3,(H,14,16). The number of nitro benzene ring substituents is 1. The SMILES string of the molecule is CC(C)C(Br)C(=O)Nc1ccc(Br)cc1[N+](=O)[O-]. The van der Waals surface area contributed by atoms with Gasteiger partial charge in [0, 0.05) is 10.5 Å². The number of nitrogens with one attached hydrogen (secondary N) is 1. The molecule has 0 aliphatic rings. The normalized spacial score (nSPS) is 12.3. The quantitative estimate of drug-likeness (QED) is 0.492. The Kier molecular flexibility index (Phi) is 5.28. The van der Waals surface area contributed by atoms with Gasteiger partial charge in [-0.05, 0) is 18.1 Å². The molecule has 0 fully saturated rings. The maximum atomic E-state index is 11.8. The smallest absolute Gasteiger partial charge is 0.293 e. The maximum absolute atomic E-state index is 11.8. The summed E-state index contributed by atoms with van der Waals surface area (Å²) in [5.74, 6) is -0.199. The lowest BCUT2D eigenvalue weighted by Gasteiger charge is -2.13. The summed E-state index contributed by atoms with van der Waals surface area (Å²) in [4.78, 5) is 21.8. The summed E-state index contributed by atoms with van der Waals surface area (Å²) in [7, 11) is 0. The topological polar surface area (TPSA) is 72.2 Å². The number of amides is 1. The average molecular weight is 380 g/mol. The molecule has 1 N–H and O–H groups in total. The third-order valence-corrected chi connectivity index (χ3v) is 4.22. The van der Waals surface area contributed by atoms with Crippen LogP contribution >= 0.6 is 31.9 Å². The lowest BCUT2D eigenvalue weighted by molar-refractivity contribution is -0.384. The van der Waals surface area contributed by atoms with Crippen LogP contribution in [0.4, 0.5) is 11.4 Å². The number of nitrogens with zero attached hydrogens (tertiary/aromatic N) is 1. The zero-order valence-corrected chi connectivity index (χ0v) is 13.0. The van der Waals surface area contributed by atoms with Gasteiger partial charge in [0.1, 0.15) is 5.69 Å². The van der Waals surface area contributed by atoms with E-state index in [9.17, 15) is 14.9 Å². The molecule has 0 aliphatic heterocycles. The summed E-state index contributed by atoms with van der Waals surface area (Å²) in [5.41, 5.74) is 0.0551. The molecule has 1 aromatic rings. The average Bonchev–Trinajstić information content (AvgIpc) is 2.29. The van der Waals surface area contributed by atoms with E-state index in [1.807, 2.05) is 13.8 Å². The van der Waals surface area contributed by atoms with Gasteiger partial charge in [-0.25, -0.2) is 0 Å². The first-order valence-corrected chi connectivity index (χ1v) is 6.92. The monoisotopic (exact) mass is 378 g/mol. The Morgan fingerprint density at radius 1 is 1.44 bits per heavy atom. The summed E-state index contributed by atoms with van der Waals surface area (Å²) in [6.07, 6.45) is 0. The zero-order valence-electron chi connectivity index (χ0n) is 9.81. The van der Waals surface area contributed by atoms with E-state index in [0.29, 0.717) is 4.47 Å². The van der Waals surface area contributed by atoms with Gasteiger partial charge in [0.05, 0.1) is 9.75 Å². The summed E-state index contributed by atoms with van der Waals surface area (Å²) in [6, 6.07) is 4.50. The van der Waals surface area contributed by atoms with E-state index in [0.717, 1.165) is 0 Å². The van der Waals surface area contributed by atoms with Crippen molar-refractivity contribution in [1.82, 2.24) is 0 Å². The fraction of sp³-hybridized carbons (Fsp3) is 0.364. The van der Waals surface area contributed by atoms with Crippen molar-refractivity contribution in [3.05, 3.63) is 32.8 Å². The molecular formula is C11H12Br2N2O3. The Morgan fingerprint density at radius 2 is 2.06 bits per heavy atom. The highest BCUT2D eigenvalue weighted by Gasteiger charge is 2.22. The largest absolute Gasteiger partial charge is 0.319 e. The van der Waals surface area contributed by atoms with Crippen LogP contribution in [0.15, 0.2) is 22.7 Å². The fourth-order valence-corrected chi connectivity index (χ4v) is 1.73. The number of nitro groups is 1. The number of carbonyl (C=O) groups excluding carboxylic acids is 1. The van der Waals surface area contributed by atoms with Crippen LogP contribution in [0, 0.1) is 16.0 Å². The van der Waals surface area contributed by atoms with E-state index in [4.69, 9.17) is 0 Å². The first kappa shape index (κ1) is 15.1. The van der Waals surface area contributed by atoms with Crippen molar-refractivity contribution in [1.29, 1.82) is 0 Å². The Labute approximate surface area is 121 Å². The predicted molar refractivity (Wildman–Crippen MR) is 77.0 cm³/mol. The molecule has 5 nitrogen and oxygen atoms in total. The molecule has 1 atom stereocenters. The molecule has 18 heavy (non-hydrogen) atoms. The van der Waals surface area contributed by atoms with Crippen molar-refractivity contribution in [2.45, 2.75) is 18.7 Å². The first-order chi connectivity index (χ1) is 8.32. The summed E-state index contributed by atoms with van der Waals surface area (Å²) >= 11 is 6.41. The van der Waals surface area contributed by atoms with Gasteiger partial charge in [-0.2, -0.15) is 0 Å². The number of alkyl halides is 1. The van der Waals surface area contributed by atoms with Gasteiger partial charge < -0.3 is 5.32 Å². The van der Waals surface area contributed by atoms with Crippen molar-refractivity contribution in [2.24, 2.45) is 5.92 Å². The highest BCUT2D eigenvalue weighted by molar-refractivity contribution is 9.10. The van der Waals surface area contributed by atoms with Gasteiger partial charge in [-0.1, -0.05) is 45.7 Å². The van der Waals surface area contributed by atoms with Crippen LogP contribution < -0.4 is 5.32 Å². The molecule has 1 unspecified atom stereocenters. The third kappa shape index (κ3) is 3.78. The molecule has 1 rings (SSSR count). The number of hydrogen-bond acceptors (Lipinski definition) is 3. The Balaban J connectivity index is 2.98. The Bertz CT molecular complexity index is 477. The van der Waals surface area contributed by atoms with E-state index in [1.165, 1.54) is 12.1 Å². The van der Waals surface area contributed by atoms with Crippen molar-refractivity contribution < 1.29 is 9.72 Å². The van der Waals surface area contributed by atoms with Crippen LogP contribution in [0.1, 0.15) is 13.8 Å². The van der Waals surface area contributed by atoms with Crippen LogP contribution in [0.2, 0.25) is 0 Å². The molecule has 1 amide bonds. The number of rotatable bonds is 4. The first-order valence-electron chi connectivity index (χ1n) is 5.21. The lowest BCUT2D eigenvalue weighted by Crippen LogP contribution is -2.27. The highest BCUT2D eigenvalue weighted by Crippen LogP contribution is 2.28. The molecule has 0 aromatic heterocycles. The maximum Gasteiger partial charge on any atom is 0.293 e. The van der Waals surface area contributed by atoms with Gasteiger partial charge in [0.2, 0.25) is 5.91 Å². The van der Waals surface area contributed by atoms with E-state index < -0.39 is 4.92 Å². The molecule has 98 valence electrons. The molecular weight excluding hydrogens is 368 g/mol. The van der Waals surface area contributed by atoms with Crippen molar-refractivity contribution in [3.63, 3.8) is 0 Å². The van der Waals surface area contributed by atoms with E-state index in [1.54, 1.807) is 6.07 Å². The minimum absolute atomic E-state index is 0.0968. The van der Waals surface area contributed by atoms with Crippen LogP contribution in [-0.2, 0) is 4.79 Å². The number of halogens is 2.